The maximum absolute atomic E-state index is 11.1. The summed E-state index contributed by atoms with van der Waals surface area (Å²) in [7, 11) is 0. The smallest absolute Gasteiger partial charge is 0.339 e. The molecule has 1 rings (SSSR count). The van der Waals surface area contributed by atoms with Crippen molar-refractivity contribution in [3.63, 3.8) is 0 Å². The summed E-state index contributed by atoms with van der Waals surface area (Å²) in [5.41, 5.74) is 5.15. The molecule has 0 amide bonds. The summed E-state index contributed by atoms with van der Waals surface area (Å²) in [5.74, 6) is -0.495. The number of hydrogen-bond acceptors (Lipinski definition) is 4. The Morgan fingerprint density at radius 3 is 2.92 bits per heavy atom. The number of nitrogens with one attached hydrogen (secondary N) is 1. The predicted molar refractivity (Wildman–Crippen MR) is 47.4 cm³/mol. The number of pyridine rings is 1. The summed E-state index contributed by atoms with van der Waals surface area (Å²) in [6.45, 7) is 1.99. The second-order valence-electron chi connectivity index (χ2n) is 2.39. The number of rotatable bonds is 2. The van der Waals surface area contributed by atoms with Crippen molar-refractivity contribution in [2.45, 2.75) is 6.92 Å². The molecule has 1 heterocycles. The molecule has 0 radical (unpaired) electrons. The fourth-order valence-corrected chi connectivity index (χ4v) is 0.834. The highest BCUT2D eigenvalue weighted by Crippen LogP contribution is 2.01. The lowest BCUT2D eigenvalue weighted by molar-refractivity contribution is 0.0526. The highest BCUT2D eigenvalue weighted by atomic mass is 16.5. The normalized spacial score (nSPS) is 9.62. The minimum absolute atomic E-state index is 0.00514. The number of carbonyl (C=O) groups excluding carboxylic acids is 1. The second kappa shape index (κ2) is 3.75. The Morgan fingerprint density at radius 1 is 1.69 bits per heavy atom. The molecule has 0 aromatic carbocycles. The molecule has 0 fully saturated rings. The lowest BCUT2D eigenvalue weighted by atomic mass is 10.3. The van der Waals surface area contributed by atoms with E-state index in [1.807, 2.05) is 0 Å². The fraction of sp³-hybridized carbons (Fsp3) is 0.250. The number of aromatic amines is 1. The van der Waals surface area contributed by atoms with Crippen molar-refractivity contribution >= 4 is 11.7 Å². The van der Waals surface area contributed by atoms with Gasteiger partial charge in [0.25, 0.3) is 5.56 Å². The van der Waals surface area contributed by atoms with Crippen LogP contribution in [-0.4, -0.2) is 17.6 Å². The van der Waals surface area contributed by atoms with Crippen LogP contribution in [0, 0.1) is 0 Å². The first kappa shape index (κ1) is 9.31. The van der Waals surface area contributed by atoms with E-state index in [9.17, 15) is 9.59 Å². The van der Waals surface area contributed by atoms with Crippen molar-refractivity contribution in [2.75, 3.05) is 12.3 Å². The second-order valence-corrected chi connectivity index (χ2v) is 2.39. The van der Waals surface area contributed by atoms with Gasteiger partial charge in [-0.25, -0.2) is 4.79 Å². The molecule has 0 aliphatic heterocycles. The zero-order valence-electron chi connectivity index (χ0n) is 7.16. The van der Waals surface area contributed by atoms with E-state index in [2.05, 4.69) is 4.98 Å². The SMILES string of the molecule is CCOC(=O)c1c[nH]c(=O)c(N)c1. The van der Waals surface area contributed by atoms with Gasteiger partial charge >= 0.3 is 5.97 Å². The minimum atomic E-state index is -0.495. The van der Waals surface area contributed by atoms with Crippen LogP contribution in [0.1, 0.15) is 17.3 Å². The number of hydrogen-bond donors (Lipinski definition) is 2. The third-order valence-corrected chi connectivity index (χ3v) is 1.44. The molecule has 0 bridgehead atoms. The number of esters is 1. The number of carbonyl (C=O) groups is 1. The van der Waals surface area contributed by atoms with Crippen molar-refractivity contribution in [2.24, 2.45) is 0 Å². The van der Waals surface area contributed by atoms with E-state index in [1.165, 1.54) is 12.3 Å². The van der Waals surface area contributed by atoms with E-state index in [0.717, 1.165) is 0 Å². The standard InChI is InChI=1S/C8H10N2O3/c1-2-13-8(12)5-3-6(9)7(11)10-4-5/h3-4H,2,9H2,1H3,(H,10,11). The Kier molecular flexibility index (Phi) is 2.69. The Morgan fingerprint density at radius 2 is 2.38 bits per heavy atom. The van der Waals surface area contributed by atoms with Crippen LogP contribution < -0.4 is 11.3 Å². The molecule has 0 aliphatic rings. The van der Waals surface area contributed by atoms with Crippen molar-refractivity contribution < 1.29 is 9.53 Å². The van der Waals surface area contributed by atoms with Gasteiger partial charge in [-0.15, -0.1) is 0 Å². The molecular formula is C8H10N2O3. The molecule has 0 saturated heterocycles. The van der Waals surface area contributed by atoms with Gasteiger partial charge in [0, 0.05) is 6.20 Å². The average molecular weight is 182 g/mol. The molecule has 0 saturated carbocycles. The number of anilines is 1. The van der Waals surface area contributed by atoms with Crippen molar-refractivity contribution in [1.29, 1.82) is 0 Å². The number of ether oxygens (including phenoxy) is 1. The summed E-state index contributed by atoms with van der Waals surface area (Å²) < 4.78 is 4.71. The highest BCUT2D eigenvalue weighted by Gasteiger charge is 2.07. The summed E-state index contributed by atoms with van der Waals surface area (Å²) in [6.07, 6.45) is 1.27. The summed E-state index contributed by atoms with van der Waals surface area (Å²) in [4.78, 5) is 24.3. The fourth-order valence-electron chi connectivity index (χ4n) is 0.834. The van der Waals surface area contributed by atoms with Crippen LogP contribution in [0.25, 0.3) is 0 Å². The number of nitrogen functional groups attached to an aromatic ring is 1. The van der Waals surface area contributed by atoms with Crippen molar-refractivity contribution in [3.8, 4) is 0 Å². The quantitative estimate of drug-likeness (QED) is 0.637. The van der Waals surface area contributed by atoms with Crippen LogP contribution in [0.2, 0.25) is 0 Å². The lowest BCUT2D eigenvalue weighted by Crippen LogP contribution is -2.14. The van der Waals surface area contributed by atoms with Crippen LogP contribution in [0.15, 0.2) is 17.1 Å². The van der Waals surface area contributed by atoms with Gasteiger partial charge in [0.05, 0.1) is 17.9 Å². The van der Waals surface area contributed by atoms with E-state index in [0.29, 0.717) is 0 Å². The van der Waals surface area contributed by atoms with E-state index >= 15 is 0 Å². The zero-order chi connectivity index (χ0) is 9.84. The Bertz CT molecular complexity index is 370. The largest absolute Gasteiger partial charge is 0.462 e. The van der Waals surface area contributed by atoms with E-state index in [-0.39, 0.29) is 17.9 Å². The van der Waals surface area contributed by atoms with Crippen molar-refractivity contribution in [1.82, 2.24) is 4.98 Å². The van der Waals surface area contributed by atoms with Gasteiger partial charge in [-0.2, -0.15) is 0 Å². The summed E-state index contributed by atoms with van der Waals surface area (Å²) in [5, 5.41) is 0. The molecule has 70 valence electrons. The van der Waals surface area contributed by atoms with Crippen LogP contribution in [0.5, 0.6) is 0 Å². The Labute approximate surface area is 74.5 Å². The van der Waals surface area contributed by atoms with E-state index in [1.54, 1.807) is 6.92 Å². The topological polar surface area (TPSA) is 85.2 Å². The molecule has 3 N–H and O–H groups in total. The molecule has 0 atom stereocenters. The van der Waals surface area contributed by atoms with Crippen LogP contribution in [0.4, 0.5) is 5.69 Å². The van der Waals surface area contributed by atoms with Gasteiger partial charge in [0.2, 0.25) is 0 Å². The molecule has 1 aromatic rings. The van der Waals surface area contributed by atoms with Gasteiger partial charge in [-0.3, -0.25) is 4.79 Å². The number of aromatic nitrogens is 1. The Hall–Kier alpha value is -1.78. The maximum Gasteiger partial charge on any atom is 0.339 e. The van der Waals surface area contributed by atoms with Crippen LogP contribution >= 0.6 is 0 Å². The van der Waals surface area contributed by atoms with Gasteiger partial charge in [0.15, 0.2) is 0 Å². The third-order valence-electron chi connectivity index (χ3n) is 1.44. The first-order valence-electron chi connectivity index (χ1n) is 3.80. The number of H-pyrrole nitrogens is 1. The summed E-state index contributed by atoms with van der Waals surface area (Å²) >= 11 is 0. The molecule has 0 aliphatic carbocycles. The van der Waals surface area contributed by atoms with Crippen molar-refractivity contribution in [3.05, 3.63) is 28.2 Å². The van der Waals surface area contributed by atoms with Crippen LogP contribution in [-0.2, 0) is 4.74 Å². The summed E-state index contributed by atoms with van der Waals surface area (Å²) in [6, 6.07) is 1.29. The molecule has 5 nitrogen and oxygen atoms in total. The molecule has 0 unspecified atom stereocenters. The first-order chi connectivity index (χ1) is 6.15. The predicted octanol–water partition coefficient (Wildman–Crippen LogP) is 0.134. The molecular weight excluding hydrogens is 172 g/mol. The van der Waals surface area contributed by atoms with E-state index in [4.69, 9.17) is 10.5 Å². The average Bonchev–Trinajstić information content (AvgIpc) is 2.10. The van der Waals surface area contributed by atoms with Gasteiger partial charge in [0.1, 0.15) is 0 Å². The Balaban J connectivity index is 2.97. The van der Waals surface area contributed by atoms with E-state index < -0.39 is 11.5 Å². The maximum atomic E-state index is 11.1. The van der Waals surface area contributed by atoms with Gasteiger partial charge < -0.3 is 15.5 Å². The monoisotopic (exact) mass is 182 g/mol. The highest BCUT2D eigenvalue weighted by molar-refractivity contribution is 5.89. The number of nitrogens with two attached hydrogens (primary N) is 1. The molecule has 13 heavy (non-hydrogen) atoms. The van der Waals surface area contributed by atoms with Gasteiger partial charge in [-0.1, -0.05) is 0 Å². The third kappa shape index (κ3) is 2.08. The molecule has 0 spiro atoms. The van der Waals surface area contributed by atoms with Crippen LogP contribution in [0.3, 0.4) is 0 Å². The van der Waals surface area contributed by atoms with Gasteiger partial charge in [-0.05, 0) is 13.0 Å². The molecule has 5 heteroatoms. The zero-order valence-corrected chi connectivity index (χ0v) is 7.16. The minimum Gasteiger partial charge on any atom is -0.462 e. The first-order valence-corrected chi connectivity index (χ1v) is 3.80. The lowest BCUT2D eigenvalue weighted by Gasteiger charge is -2.01. The molecule has 1 aromatic heterocycles.